The zero-order chi connectivity index (χ0) is 11.8. The summed E-state index contributed by atoms with van der Waals surface area (Å²) < 4.78 is 11.3. The van der Waals surface area contributed by atoms with E-state index in [-0.39, 0.29) is 0 Å². The first-order valence-electron chi connectivity index (χ1n) is 6.02. The Morgan fingerprint density at radius 1 is 0.941 bits per heavy atom. The van der Waals surface area contributed by atoms with E-state index in [1.807, 2.05) is 12.2 Å². The Morgan fingerprint density at radius 2 is 1.41 bits per heavy atom. The zero-order valence-electron chi connectivity index (χ0n) is 9.82. The molecule has 1 aliphatic carbocycles. The third kappa shape index (κ3) is 1.55. The SMILES string of the molecule is C=CC1CC(C=C)c2cc3c(cc21)OCCO3. The van der Waals surface area contributed by atoms with Crippen LogP contribution in [0, 0.1) is 0 Å². The van der Waals surface area contributed by atoms with E-state index in [4.69, 9.17) is 9.47 Å². The van der Waals surface area contributed by atoms with Gasteiger partial charge in [-0.25, -0.2) is 0 Å². The molecule has 0 fully saturated rings. The molecule has 2 aliphatic rings. The molecule has 3 rings (SSSR count). The molecule has 1 aromatic rings. The Bertz CT molecular complexity index is 433. The molecule has 1 aliphatic heterocycles. The molecule has 1 heterocycles. The Morgan fingerprint density at radius 3 is 1.82 bits per heavy atom. The molecule has 0 bridgehead atoms. The summed E-state index contributed by atoms with van der Waals surface area (Å²) >= 11 is 0. The molecule has 2 heteroatoms. The number of rotatable bonds is 2. The van der Waals surface area contributed by atoms with Crippen LogP contribution in [-0.4, -0.2) is 13.2 Å². The van der Waals surface area contributed by atoms with Crippen molar-refractivity contribution in [3.63, 3.8) is 0 Å². The Hall–Kier alpha value is -1.70. The lowest BCUT2D eigenvalue weighted by Crippen LogP contribution is -2.15. The van der Waals surface area contributed by atoms with Gasteiger partial charge in [-0.15, -0.1) is 13.2 Å². The van der Waals surface area contributed by atoms with Crippen molar-refractivity contribution in [2.24, 2.45) is 0 Å². The van der Waals surface area contributed by atoms with Gasteiger partial charge in [0.1, 0.15) is 13.2 Å². The van der Waals surface area contributed by atoms with Crippen LogP contribution in [0.5, 0.6) is 11.5 Å². The van der Waals surface area contributed by atoms with Crippen LogP contribution in [0.4, 0.5) is 0 Å². The quantitative estimate of drug-likeness (QED) is 0.722. The molecule has 0 spiro atoms. The van der Waals surface area contributed by atoms with Crippen LogP contribution < -0.4 is 9.47 Å². The van der Waals surface area contributed by atoms with Crippen molar-refractivity contribution in [3.8, 4) is 11.5 Å². The van der Waals surface area contributed by atoms with Gasteiger partial charge in [-0.05, 0) is 29.7 Å². The maximum atomic E-state index is 5.63. The molecule has 2 nitrogen and oxygen atoms in total. The number of hydrogen-bond acceptors (Lipinski definition) is 2. The van der Waals surface area contributed by atoms with E-state index in [9.17, 15) is 0 Å². The summed E-state index contributed by atoms with van der Waals surface area (Å²) in [6.07, 6.45) is 5.09. The molecule has 2 unspecified atom stereocenters. The lowest BCUT2D eigenvalue weighted by Gasteiger charge is -2.20. The van der Waals surface area contributed by atoms with Gasteiger partial charge in [-0.3, -0.25) is 0 Å². The molecule has 0 saturated heterocycles. The van der Waals surface area contributed by atoms with E-state index < -0.39 is 0 Å². The van der Waals surface area contributed by atoms with Gasteiger partial charge in [0.2, 0.25) is 0 Å². The van der Waals surface area contributed by atoms with E-state index >= 15 is 0 Å². The van der Waals surface area contributed by atoms with Crippen LogP contribution in [0.2, 0.25) is 0 Å². The molecule has 0 amide bonds. The van der Waals surface area contributed by atoms with Crippen LogP contribution in [-0.2, 0) is 0 Å². The van der Waals surface area contributed by atoms with Crippen molar-refractivity contribution in [2.45, 2.75) is 18.3 Å². The highest BCUT2D eigenvalue weighted by atomic mass is 16.6. The van der Waals surface area contributed by atoms with Gasteiger partial charge in [0.05, 0.1) is 0 Å². The van der Waals surface area contributed by atoms with Crippen molar-refractivity contribution in [1.29, 1.82) is 0 Å². The van der Waals surface area contributed by atoms with Crippen molar-refractivity contribution in [2.75, 3.05) is 13.2 Å². The molecule has 88 valence electrons. The summed E-state index contributed by atoms with van der Waals surface area (Å²) in [7, 11) is 0. The predicted molar refractivity (Wildman–Crippen MR) is 67.9 cm³/mol. The summed E-state index contributed by atoms with van der Waals surface area (Å²) in [4.78, 5) is 0. The minimum atomic E-state index is 0.406. The molecule has 0 aromatic heterocycles. The second-order valence-corrected chi connectivity index (χ2v) is 4.54. The fourth-order valence-electron chi connectivity index (χ4n) is 2.74. The third-order valence-corrected chi connectivity index (χ3v) is 3.62. The minimum Gasteiger partial charge on any atom is -0.486 e. The van der Waals surface area contributed by atoms with Gasteiger partial charge in [0, 0.05) is 11.8 Å². The number of hydrogen-bond donors (Lipinski definition) is 0. The maximum absolute atomic E-state index is 5.63. The number of fused-ring (bicyclic) bond motifs is 2. The summed E-state index contributed by atoms with van der Waals surface area (Å²) in [5.74, 6) is 2.55. The zero-order valence-corrected chi connectivity index (χ0v) is 9.82. The normalized spacial score (nSPS) is 25.2. The summed E-state index contributed by atoms with van der Waals surface area (Å²) in [5.41, 5.74) is 2.63. The van der Waals surface area contributed by atoms with E-state index in [0.717, 1.165) is 17.9 Å². The maximum Gasteiger partial charge on any atom is 0.161 e. The highest BCUT2D eigenvalue weighted by Gasteiger charge is 2.30. The van der Waals surface area contributed by atoms with E-state index in [0.29, 0.717) is 25.0 Å². The lowest BCUT2D eigenvalue weighted by molar-refractivity contribution is 0.171. The molecule has 0 N–H and O–H groups in total. The van der Waals surface area contributed by atoms with Crippen molar-refractivity contribution >= 4 is 0 Å². The summed E-state index contributed by atoms with van der Waals surface area (Å²) in [6, 6.07) is 4.22. The van der Waals surface area contributed by atoms with Crippen LogP contribution >= 0.6 is 0 Å². The Balaban J connectivity index is 2.12. The first kappa shape index (κ1) is 10.5. The third-order valence-electron chi connectivity index (χ3n) is 3.62. The van der Waals surface area contributed by atoms with Crippen molar-refractivity contribution in [3.05, 3.63) is 48.6 Å². The summed E-state index contributed by atoms with van der Waals surface area (Å²) in [6.45, 7) is 9.10. The van der Waals surface area contributed by atoms with Gasteiger partial charge in [-0.1, -0.05) is 12.2 Å². The fourth-order valence-corrected chi connectivity index (χ4v) is 2.74. The molecule has 17 heavy (non-hydrogen) atoms. The first-order valence-corrected chi connectivity index (χ1v) is 6.02. The number of ether oxygens (including phenoxy) is 2. The first-order chi connectivity index (χ1) is 8.33. The molecular weight excluding hydrogens is 212 g/mol. The van der Waals surface area contributed by atoms with Crippen LogP contribution in [0.3, 0.4) is 0 Å². The van der Waals surface area contributed by atoms with Gasteiger partial charge >= 0.3 is 0 Å². The molecule has 0 radical (unpaired) electrons. The van der Waals surface area contributed by atoms with Gasteiger partial charge in [0.15, 0.2) is 11.5 Å². The minimum absolute atomic E-state index is 0.406. The van der Waals surface area contributed by atoms with Crippen LogP contribution in [0.15, 0.2) is 37.4 Å². The van der Waals surface area contributed by atoms with Crippen LogP contribution in [0.1, 0.15) is 29.4 Å². The average molecular weight is 228 g/mol. The molecule has 2 atom stereocenters. The topological polar surface area (TPSA) is 18.5 Å². The van der Waals surface area contributed by atoms with Gasteiger partial charge in [0.25, 0.3) is 0 Å². The van der Waals surface area contributed by atoms with Gasteiger partial charge in [-0.2, -0.15) is 0 Å². The number of allylic oxidation sites excluding steroid dienone is 2. The monoisotopic (exact) mass is 228 g/mol. The highest BCUT2D eigenvalue weighted by molar-refractivity contribution is 5.54. The highest BCUT2D eigenvalue weighted by Crippen LogP contribution is 2.47. The smallest absolute Gasteiger partial charge is 0.161 e. The molecule has 0 saturated carbocycles. The van der Waals surface area contributed by atoms with Crippen LogP contribution in [0.25, 0.3) is 0 Å². The van der Waals surface area contributed by atoms with E-state index in [1.54, 1.807) is 0 Å². The van der Waals surface area contributed by atoms with Gasteiger partial charge < -0.3 is 9.47 Å². The standard InChI is InChI=1S/C15H16O2/c1-3-10-7-11(4-2)13-9-15-14(8-12(10)13)16-5-6-17-15/h3-4,8-11H,1-2,5-7H2. The van der Waals surface area contributed by atoms with E-state index in [2.05, 4.69) is 25.3 Å². The molecular formula is C15H16O2. The second kappa shape index (κ2) is 3.95. The number of benzene rings is 1. The van der Waals surface area contributed by atoms with Crippen molar-refractivity contribution in [1.82, 2.24) is 0 Å². The fraction of sp³-hybridized carbons (Fsp3) is 0.333. The Kier molecular flexibility index (Phi) is 2.43. The van der Waals surface area contributed by atoms with E-state index in [1.165, 1.54) is 11.1 Å². The largest absolute Gasteiger partial charge is 0.486 e. The molecule has 1 aromatic carbocycles. The van der Waals surface area contributed by atoms with Crippen molar-refractivity contribution < 1.29 is 9.47 Å². The average Bonchev–Trinajstić information content (AvgIpc) is 2.73. The lowest BCUT2D eigenvalue weighted by atomic mass is 10.0. The Labute approximate surface area is 102 Å². The predicted octanol–water partition coefficient (Wildman–Crippen LogP) is 3.40. The summed E-state index contributed by atoms with van der Waals surface area (Å²) in [5, 5.41) is 0. The second-order valence-electron chi connectivity index (χ2n) is 4.54.